The molecule has 0 aliphatic carbocycles. The second kappa shape index (κ2) is 5.67. The van der Waals surface area contributed by atoms with Gasteiger partial charge in [0.15, 0.2) is 5.76 Å². The lowest BCUT2D eigenvalue weighted by atomic mass is 10.2. The minimum Gasteiger partial charge on any atom is -0.459 e. The third-order valence-corrected chi connectivity index (χ3v) is 3.84. The number of aromatic nitrogens is 2. The molecule has 1 aliphatic rings. The smallest absolute Gasteiger partial charge is 0.289 e. The number of aryl methyl sites for hydroxylation is 1. The molecule has 0 saturated carbocycles. The summed E-state index contributed by atoms with van der Waals surface area (Å²) in [7, 11) is 0. The number of rotatable bonds is 2. The van der Waals surface area contributed by atoms with Crippen molar-refractivity contribution in [3.63, 3.8) is 0 Å². The van der Waals surface area contributed by atoms with Crippen LogP contribution in [0.25, 0.3) is 0 Å². The molecule has 0 bridgehead atoms. The zero-order chi connectivity index (χ0) is 15.7. The first kappa shape index (κ1) is 14.4. The van der Waals surface area contributed by atoms with E-state index in [1.807, 2.05) is 4.90 Å². The minimum atomic E-state index is -0.114. The number of H-pyrrole nitrogens is 1. The molecule has 3 rings (SSSR count). The summed E-state index contributed by atoms with van der Waals surface area (Å²) in [6.07, 6.45) is 1.50. The van der Waals surface area contributed by atoms with Gasteiger partial charge in [-0.1, -0.05) is 0 Å². The number of nitrogens with one attached hydrogen (secondary N) is 1. The highest BCUT2D eigenvalue weighted by atomic mass is 16.3. The number of anilines is 1. The van der Waals surface area contributed by atoms with E-state index < -0.39 is 0 Å². The van der Waals surface area contributed by atoms with Gasteiger partial charge < -0.3 is 19.2 Å². The lowest BCUT2D eigenvalue weighted by molar-refractivity contribution is 0.0714. The van der Waals surface area contributed by atoms with Crippen LogP contribution >= 0.6 is 0 Å². The van der Waals surface area contributed by atoms with Crippen LogP contribution in [0.5, 0.6) is 0 Å². The summed E-state index contributed by atoms with van der Waals surface area (Å²) in [6, 6.07) is 3.37. The molecule has 1 fully saturated rings. The Balaban J connectivity index is 1.72. The number of hydrogen-bond acceptors (Lipinski definition) is 5. The molecule has 0 radical (unpaired) electrons. The summed E-state index contributed by atoms with van der Waals surface area (Å²) in [5.74, 6) is 1.55. The average Bonchev–Trinajstić information content (AvgIpc) is 3.05. The Hall–Kier alpha value is -2.57. The molecular formula is C15H18N4O3. The Labute approximate surface area is 127 Å². The predicted molar refractivity (Wildman–Crippen MR) is 81.2 cm³/mol. The molecule has 22 heavy (non-hydrogen) atoms. The van der Waals surface area contributed by atoms with Gasteiger partial charge in [0.1, 0.15) is 11.6 Å². The molecule has 0 atom stereocenters. The SMILES string of the molecule is Cc1nc(N2CCN(C(=O)c3ccco3)CC2)c(C)c(=O)[nH]1. The van der Waals surface area contributed by atoms with Gasteiger partial charge in [-0.2, -0.15) is 0 Å². The fraction of sp³-hybridized carbons (Fsp3) is 0.400. The number of hydrogen-bond donors (Lipinski definition) is 1. The van der Waals surface area contributed by atoms with Crippen LogP contribution < -0.4 is 10.5 Å². The van der Waals surface area contributed by atoms with E-state index in [1.54, 1.807) is 30.9 Å². The third kappa shape index (κ3) is 2.61. The fourth-order valence-corrected chi connectivity index (χ4v) is 2.62. The van der Waals surface area contributed by atoms with Crippen molar-refractivity contribution in [2.45, 2.75) is 13.8 Å². The second-order valence-corrected chi connectivity index (χ2v) is 5.36. The van der Waals surface area contributed by atoms with Gasteiger partial charge in [-0.05, 0) is 26.0 Å². The first-order chi connectivity index (χ1) is 10.6. The summed E-state index contributed by atoms with van der Waals surface area (Å²) in [4.78, 5) is 35.0. The van der Waals surface area contributed by atoms with Crippen LogP contribution in [-0.4, -0.2) is 47.0 Å². The number of piperazine rings is 1. The Bertz CT molecular complexity index is 728. The number of aromatic amines is 1. The molecule has 1 amide bonds. The molecule has 0 aromatic carbocycles. The van der Waals surface area contributed by atoms with Crippen molar-refractivity contribution in [2.75, 3.05) is 31.1 Å². The Kier molecular flexibility index (Phi) is 3.70. The molecule has 1 saturated heterocycles. The number of amides is 1. The van der Waals surface area contributed by atoms with Gasteiger partial charge in [0, 0.05) is 26.2 Å². The van der Waals surface area contributed by atoms with Crippen molar-refractivity contribution >= 4 is 11.7 Å². The van der Waals surface area contributed by atoms with Gasteiger partial charge in [-0.3, -0.25) is 9.59 Å². The van der Waals surface area contributed by atoms with Gasteiger partial charge in [-0.15, -0.1) is 0 Å². The van der Waals surface area contributed by atoms with E-state index in [9.17, 15) is 9.59 Å². The molecule has 1 aliphatic heterocycles. The predicted octanol–water partition coefficient (Wildman–Crippen LogP) is 0.942. The fourth-order valence-electron chi connectivity index (χ4n) is 2.62. The van der Waals surface area contributed by atoms with Crippen molar-refractivity contribution in [2.24, 2.45) is 0 Å². The molecule has 2 aromatic rings. The van der Waals surface area contributed by atoms with Gasteiger partial charge in [-0.25, -0.2) is 4.98 Å². The maximum atomic E-state index is 12.2. The van der Waals surface area contributed by atoms with E-state index >= 15 is 0 Å². The summed E-state index contributed by atoms with van der Waals surface area (Å²) >= 11 is 0. The monoisotopic (exact) mass is 302 g/mol. The van der Waals surface area contributed by atoms with Crippen LogP contribution in [0.15, 0.2) is 27.6 Å². The average molecular weight is 302 g/mol. The van der Waals surface area contributed by atoms with E-state index in [2.05, 4.69) is 9.97 Å². The molecule has 7 nitrogen and oxygen atoms in total. The number of carbonyl (C=O) groups excluding carboxylic acids is 1. The van der Waals surface area contributed by atoms with Gasteiger partial charge >= 0.3 is 0 Å². The molecule has 7 heteroatoms. The van der Waals surface area contributed by atoms with Crippen molar-refractivity contribution in [1.29, 1.82) is 0 Å². The molecule has 116 valence electrons. The lowest BCUT2D eigenvalue weighted by Gasteiger charge is -2.35. The lowest BCUT2D eigenvalue weighted by Crippen LogP contribution is -2.49. The van der Waals surface area contributed by atoms with E-state index in [0.717, 1.165) is 0 Å². The molecule has 1 N–H and O–H groups in total. The second-order valence-electron chi connectivity index (χ2n) is 5.36. The maximum Gasteiger partial charge on any atom is 0.289 e. The van der Waals surface area contributed by atoms with Crippen molar-refractivity contribution < 1.29 is 9.21 Å². The first-order valence-corrected chi connectivity index (χ1v) is 7.21. The Morgan fingerprint density at radius 3 is 2.64 bits per heavy atom. The number of carbonyl (C=O) groups is 1. The maximum absolute atomic E-state index is 12.2. The summed E-state index contributed by atoms with van der Waals surface area (Å²) in [6.45, 7) is 5.97. The molecule has 2 aromatic heterocycles. The molecule has 0 unspecified atom stereocenters. The minimum absolute atomic E-state index is 0.101. The van der Waals surface area contributed by atoms with Crippen molar-refractivity contribution in [1.82, 2.24) is 14.9 Å². The third-order valence-electron chi connectivity index (χ3n) is 3.84. The molecule has 0 spiro atoms. The van der Waals surface area contributed by atoms with Crippen LogP contribution in [0.4, 0.5) is 5.82 Å². The first-order valence-electron chi connectivity index (χ1n) is 7.21. The zero-order valence-electron chi connectivity index (χ0n) is 12.6. The Morgan fingerprint density at radius 2 is 2.00 bits per heavy atom. The van der Waals surface area contributed by atoms with Gasteiger partial charge in [0.2, 0.25) is 0 Å². The van der Waals surface area contributed by atoms with Gasteiger partial charge in [0.05, 0.1) is 11.8 Å². The number of furan rings is 1. The van der Waals surface area contributed by atoms with Crippen LogP contribution in [0.3, 0.4) is 0 Å². The van der Waals surface area contributed by atoms with Crippen molar-refractivity contribution in [3.05, 3.63) is 45.9 Å². The highest BCUT2D eigenvalue weighted by Gasteiger charge is 2.25. The summed E-state index contributed by atoms with van der Waals surface area (Å²) in [5.41, 5.74) is 0.494. The quantitative estimate of drug-likeness (QED) is 0.893. The van der Waals surface area contributed by atoms with E-state index in [-0.39, 0.29) is 11.5 Å². The van der Waals surface area contributed by atoms with Crippen LogP contribution in [-0.2, 0) is 0 Å². The highest BCUT2D eigenvalue weighted by molar-refractivity contribution is 5.91. The summed E-state index contributed by atoms with van der Waals surface area (Å²) < 4.78 is 5.15. The normalized spacial score (nSPS) is 15.2. The standard InChI is InChI=1S/C15H18N4O3/c1-10-13(16-11(2)17-14(10)20)18-5-7-19(8-6-18)15(21)12-4-3-9-22-12/h3-4,9H,5-8H2,1-2H3,(H,16,17,20). The number of nitrogens with zero attached hydrogens (tertiary/aromatic N) is 3. The molecule has 3 heterocycles. The largest absolute Gasteiger partial charge is 0.459 e. The van der Waals surface area contributed by atoms with Crippen LogP contribution in [0.2, 0.25) is 0 Å². The van der Waals surface area contributed by atoms with E-state index in [4.69, 9.17) is 4.42 Å². The van der Waals surface area contributed by atoms with Gasteiger partial charge in [0.25, 0.3) is 11.5 Å². The molecular weight excluding hydrogens is 284 g/mol. The van der Waals surface area contributed by atoms with Crippen LogP contribution in [0.1, 0.15) is 21.9 Å². The van der Waals surface area contributed by atoms with Crippen molar-refractivity contribution in [3.8, 4) is 0 Å². The van der Waals surface area contributed by atoms with E-state index in [0.29, 0.717) is 49.1 Å². The summed E-state index contributed by atoms with van der Waals surface area (Å²) in [5, 5.41) is 0. The highest BCUT2D eigenvalue weighted by Crippen LogP contribution is 2.17. The van der Waals surface area contributed by atoms with Crippen LogP contribution in [0, 0.1) is 13.8 Å². The topological polar surface area (TPSA) is 82.4 Å². The Morgan fingerprint density at radius 1 is 1.27 bits per heavy atom. The zero-order valence-corrected chi connectivity index (χ0v) is 12.6. The van der Waals surface area contributed by atoms with E-state index in [1.165, 1.54) is 6.26 Å².